The van der Waals surface area contributed by atoms with Crippen LogP contribution in [0.15, 0.2) is 48.8 Å². The quantitative estimate of drug-likeness (QED) is 0.587. The number of nitro groups is 1. The Bertz CT molecular complexity index is 874. The predicted octanol–water partition coefficient (Wildman–Crippen LogP) is 3.35. The van der Waals surface area contributed by atoms with Crippen LogP contribution in [-0.4, -0.2) is 29.0 Å². The maximum Gasteiger partial charge on any atom is 0.353 e. The minimum atomic E-state index is -0.469. The smallest absolute Gasteiger partial charge is 0.353 e. The molecule has 7 heteroatoms. The average Bonchev–Trinajstić information content (AvgIpc) is 2.54. The van der Waals surface area contributed by atoms with Gasteiger partial charge in [0.1, 0.15) is 6.33 Å². The molecule has 1 heterocycles. The fraction of sp³-hybridized carbons (Fsp3) is 0.125. The standard InChI is InChI=1S/C16H15N5O2/c1-20(2)16-14(21(22)23)15(17-10-18-16)19-13-9-5-7-11-6-3-4-8-12(11)13/h3-10H,1-2H3,(H,17,18,19). The summed E-state index contributed by atoms with van der Waals surface area (Å²) in [6.07, 6.45) is 1.32. The first-order chi connectivity index (χ1) is 11.1. The fourth-order valence-electron chi connectivity index (χ4n) is 2.42. The highest BCUT2D eigenvalue weighted by molar-refractivity contribution is 5.96. The summed E-state index contributed by atoms with van der Waals surface area (Å²) in [4.78, 5) is 20.6. The normalized spacial score (nSPS) is 10.5. The van der Waals surface area contributed by atoms with Crippen molar-refractivity contribution in [2.45, 2.75) is 0 Å². The molecule has 7 nitrogen and oxygen atoms in total. The third-order valence-corrected chi connectivity index (χ3v) is 3.45. The van der Waals surface area contributed by atoms with E-state index in [0.717, 1.165) is 16.5 Å². The van der Waals surface area contributed by atoms with E-state index in [1.807, 2.05) is 42.5 Å². The number of hydrogen-bond acceptors (Lipinski definition) is 6. The summed E-state index contributed by atoms with van der Waals surface area (Å²) in [7, 11) is 3.41. The molecule has 23 heavy (non-hydrogen) atoms. The highest BCUT2D eigenvalue weighted by Crippen LogP contribution is 2.34. The van der Waals surface area contributed by atoms with E-state index in [2.05, 4.69) is 15.3 Å². The van der Waals surface area contributed by atoms with Gasteiger partial charge in [-0.1, -0.05) is 36.4 Å². The molecule has 2 aromatic carbocycles. The van der Waals surface area contributed by atoms with E-state index in [1.165, 1.54) is 6.33 Å². The van der Waals surface area contributed by atoms with Crippen molar-refractivity contribution in [2.75, 3.05) is 24.3 Å². The van der Waals surface area contributed by atoms with Crippen molar-refractivity contribution >= 4 is 33.8 Å². The van der Waals surface area contributed by atoms with Gasteiger partial charge in [0.15, 0.2) is 0 Å². The summed E-state index contributed by atoms with van der Waals surface area (Å²) in [5.41, 5.74) is 0.611. The lowest BCUT2D eigenvalue weighted by Crippen LogP contribution is -2.14. The van der Waals surface area contributed by atoms with Gasteiger partial charge >= 0.3 is 5.69 Å². The summed E-state index contributed by atoms with van der Waals surface area (Å²) in [6, 6.07) is 13.6. The highest BCUT2D eigenvalue weighted by Gasteiger charge is 2.24. The second kappa shape index (κ2) is 5.88. The van der Waals surface area contributed by atoms with Gasteiger partial charge in [0.25, 0.3) is 0 Å². The number of aromatic nitrogens is 2. The SMILES string of the molecule is CN(C)c1ncnc(Nc2cccc3ccccc23)c1[N+](=O)[O-]. The van der Waals surface area contributed by atoms with E-state index in [1.54, 1.807) is 19.0 Å². The molecule has 0 radical (unpaired) electrons. The molecule has 3 aromatic rings. The molecule has 3 rings (SSSR count). The van der Waals surface area contributed by atoms with E-state index in [0.29, 0.717) is 0 Å². The number of anilines is 3. The Balaban J connectivity index is 2.12. The second-order valence-electron chi connectivity index (χ2n) is 5.20. The minimum Gasteiger partial charge on any atom is -0.357 e. The van der Waals surface area contributed by atoms with Crippen molar-refractivity contribution < 1.29 is 4.92 Å². The molecule has 1 aromatic heterocycles. The molecule has 0 amide bonds. The van der Waals surface area contributed by atoms with Gasteiger partial charge in [0.2, 0.25) is 11.6 Å². The molecule has 0 aliphatic heterocycles. The topological polar surface area (TPSA) is 84.2 Å². The van der Waals surface area contributed by atoms with E-state index in [-0.39, 0.29) is 17.3 Å². The van der Waals surface area contributed by atoms with Crippen molar-refractivity contribution in [1.82, 2.24) is 9.97 Å². The number of rotatable bonds is 4. The van der Waals surface area contributed by atoms with Crippen molar-refractivity contribution in [3.63, 3.8) is 0 Å². The Kier molecular flexibility index (Phi) is 3.76. The van der Waals surface area contributed by atoms with Crippen LogP contribution in [0.4, 0.5) is 23.0 Å². The largest absolute Gasteiger partial charge is 0.357 e. The zero-order chi connectivity index (χ0) is 16.4. The lowest BCUT2D eigenvalue weighted by atomic mass is 10.1. The Labute approximate surface area is 132 Å². The Morgan fingerprint density at radius 3 is 2.57 bits per heavy atom. The van der Waals surface area contributed by atoms with Crippen LogP contribution in [0.1, 0.15) is 0 Å². The van der Waals surface area contributed by atoms with Crippen LogP contribution in [0.25, 0.3) is 10.8 Å². The van der Waals surface area contributed by atoms with E-state index >= 15 is 0 Å². The second-order valence-corrected chi connectivity index (χ2v) is 5.20. The molecule has 0 saturated heterocycles. The van der Waals surface area contributed by atoms with E-state index < -0.39 is 4.92 Å². The molecule has 1 N–H and O–H groups in total. The lowest BCUT2D eigenvalue weighted by molar-refractivity contribution is -0.383. The van der Waals surface area contributed by atoms with E-state index in [4.69, 9.17) is 0 Å². The van der Waals surface area contributed by atoms with E-state index in [9.17, 15) is 10.1 Å². The zero-order valence-electron chi connectivity index (χ0n) is 12.7. The van der Waals surface area contributed by atoms with Crippen LogP contribution in [-0.2, 0) is 0 Å². The lowest BCUT2D eigenvalue weighted by Gasteiger charge is -2.14. The Morgan fingerprint density at radius 2 is 1.83 bits per heavy atom. The first kappa shape index (κ1) is 14.7. The molecule has 0 bridgehead atoms. The number of nitrogens with one attached hydrogen (secondary N) is 1. The first-order valence-corrected chi connectivity index (χ1v) is 6.99. The summed E-state index contributed by atoms with van der Waals surface area (Å²) in [5, 5.41) is 16.5. The van der Waals surface area contributed by atoms with Gasteiger partial charge in [-0.15, -0.1) is 0 Å². The third kappa shape index (κ3) is 2.76. The van der Waals surface area contributed by atoms with Gasteiger partial charge < -0.3 is 10.2 Å². The zero-order valence-corrected chi connectivity index (χ0v) is 12.7. The molecular formula is C16H15N5O2. The molecule has 0 aliphatic carbocycles. The van der Waals surface area contributed by atoms with Crippen molar-refractivity contribution in [2.24, 2.45) is 0 Å². The number of fused-ring (bicyclic) bond motifs is 1. The highest BCUT2D eigenvalue weighted by atomic mass is 16.6. The molecule has 0 fully saturated rings. The molecule has 0 unspecified atom stereocenters. The van der Waals surface area contributed by atoms with Gasteiger partial charge in [-0.25, -0.2) is 9.97 Å². The van der Waals surface area contributed by atoms with Crippen LogP contribution in [0, 0.1) is 10.1 Å². The van der Waals surface area contributed by atoms with Crippen LogP contribution in [0.2, 0.25) is 0 Å². The minimum absolute atomic E-state index is 0.148. The monoisotopic (exact) mass is 309 g/mol. The van der Waals surface area contributed by atoms with Gasteiger partial charge in [-0.2, -0.15) is 0 Å². The van der Waals surface area contributed by atoms with Crippen molar-refractivity contribution in [1.29, 1.82) is 0 Å². The number of benzene rings is 2. The molecule has 116 valence electrons. The first-order valence-electron chi connectivity index (χ1n) is 6.99. The number of hydrogen-bond donors (Lipinski definition) is 1. The molecule has 0 spiro atoms. The Hall–Kier alpha value is -3.22. The van der Waals surface area contributed by atoms with Crippen molar-refractivity contribution in [3.8, 4) is 0 Å². The molecule has 0 atom stereocenters. The summed E-state index contributed by atoms with van der Waals surface area (Å²) in [5.74, 6) is 0.429. The average molecular weight is 309 g/mol. The summed E-state index contributed by atoms with van der Waals surface area (Å²) >= 11 is 0. The molecule has 0 saturated carbocycles. The molecule has 0 aliphatic rings. The van der Waals surface area contributed by atoms with Gasteiger partial charge in [-0.3, -0.25) is 10.1 Å². The van der Waals surface area contributed by atoms with Crippen LogP contribution in [0.3, 0.4) is 0 Å². The predicted molar refractivity (Wildman–Crippen MR) is 90.2 cm³/mol. The van der Waals surface area contributed by atoms with Gasteiger partial charge in [0.05, 0.1) is 4.92 Å². The van der Waals surface area contributed by atoms with Crippen molar-refractivity contribution in [3.05, 3.63) is 58.9 Å². The maximum absolute atomic E-state index is 11.5. The van der Waals surface area contributed by atoms with Gasteiger partial charge in [0, 0.05) is 25.2 Å². The molecular weight excluding hydrogens is 294 g/mol. The maximum atomic E-state index is 11.5. The van der Waals surface area contributed by atoms with Crippen LogP contribution in [0.5, 0.6) is 0 Å². The number of nitrogens with zero attached hydrogens (tertiary/aromatic N) is 4. The fourth-order valence-corrected chi connectivity index (χ4v) is 2.42. The van der Waals surface area contributed by atoms with Crippen LogP contribution >= 0.6 is 0 Å². The Morgan fingerprint density at radius 1 is 1.09 bits per heavy atom. The van der Waals surface area contributed by atoms with Crippen LogP contribution < -0.4 is 10.2 Å². The van der Waals surface area contributed by atoms with Gasteiger partial charge in [-0.05, 0) is 11.5 Å². The summed E-state index contributed by atoms with van der Waals surface area (Å²) < 4.78 is 0. The summed E-state index contributed by atoms with van der Waals surface area (Å²) in [6.45, 7) is 0. The third-order valence-electron chi connectivity index (χ3n) is 3.45.